The van der Waals surface area contributed by atoms with E-state index in [9.17, 15) is 13.2 Å². The summed E-state index contributed by atoms with van der Waals surface area (Å²) in [7, 11) is -0.116. The van der Waals surface area contributed by atoms with Crippen LogP contribution < -0.4 is 5.73 Å². The summed E-state index contributed by atoms with van der Waals surface area (Å²) in [6, 6.07) is 21.0. The van der Waals surface area contributed by atoms with E-state index in [2.05, 4.69) is 0 Å². The van der Waals surface area contributed by atoms with Gasteiger partial charge in [0.2, 0.25) is 15.9 Å². The van der Waals surface area contributed by atoms with Crippen LogP contribution in [0.5, 0.6) is 0 Å². The average Bonchev–Trinajstić information content (AvgIpc) is 2.75. The van der Waals surface area contributed by atoms with Crippen molar-refractivity contribution in [1.29, 1.82) is 0 Å². The quantitative estimate of drug-likeness (QED) is 0.514. The zero-order valence-electron chi connectivity index (χ0n) is 18.0. The lowest BCUT2D eigenvalue weighted by molar-refractivity contribution is -0.122. The summed E-state index contributed by atoms with van der Waals surface area (Å²) >= 11 is 5.94. The predicted molar refractivity (Wildman–Crippen MR) is 126 cm³/mol. The summed E-state index contributed by atoms with van der Waals surface area (Å²) < 4.78 is 28.4. The topological polar surface area (TPSA) is 83.7 Å². The Morgan fingerprint density at radius 2 is 1.41 bits per heavy atom. The number of hydrogen-bond acceptors (Lipinski definition) is 4. The van der Waals surface area contributed by atoms with Crippen LogP contribution in [0.4, 0.5) is 0 Å². The zero-order valence-corrected chi connectivity index (χ0v) is 19.6. The maximum Gasteiger partial charge on any atom is 0.244 e. The monoisotopic (exact) mass is 471 g/mol. The van der Waals surface area contributed by atoms with E-state index in [1.807, 2.05) is 43.3 Å². The number of primary amides is 1. The first-order valence-electron chi connectivity index (χ1n) is 10.0. The molecule has 32 heavy (non-hydrogen) atoms. The molecule has 0 fully saturated rings. The van der Waals surface area contributed by atoms with E-state index in [-0.39, 0.29) is 11.4 Å². The normalized spacial score (nSPS) is 12.8. The van der Waals surface area contributed by atoms with Crippen molar-refractivity contribution in [3.05, 3.63) is 101 Å². The SMILES string of the molecule is CN(C)Cc1ccc(CN(C(C(N)=O)c2ccccc2)S(=O)(=O)c2ccc(Cl)cc2)cc1. The lowest BCUT2D eigenvalue weighted by Crippen LogP contribution is -2.41. The van der Waals surface area contributed by atoms with E-state index >= 15 is 0 Å². The Hall–Kier alpha value is -2.71. The molecule has 0 bridgehead atoms. The van der Waals surface area contributed by atoms with Crippen LogP contribution in [0.25, 0.3) is 0 Å². The standard InChI is InChI=1S/C24H26ClN3O3S/c1-27(2)16-18-8-10-19(11-9-18)17-28(23(24(26)29)20-6-4-3-5-7-20)32(30,31)22-14-12-21(25)13-15-22/h3-15,23H,16-17H2,1-2H3,(H2,26,29). The van der Waals surface area contributed by atoms with Gasteiger partial charge in [-0.25, -0.2) is 8.42 Å². The van der Waals surface area contributed by atoms with Gasteiger partial charge >= 0.3 is 0 Å². The van der Waals surface area contributed by atoms with Gasteiger partial charge in [-0.2, -0.15) is 4.31 Å². The van der Waals surface area contributed by atoms with Gasteiger partial charge in [-0.15, -0.1) is 0 Å². The van der Waals surface area contributed by atoms with Crippen LogP contribution >= 0.6 is 11.6 Å². The summed E-state index contributed by atoms with van der Waals surface area (Å²) in [5.74, 6) is -0.752. The van der Waals surface area contributed by atoms with E-state index in [1.54, 1.807) is 30.3 Å². The lowest BCUT2D eigenvalue weighted by Gasteiger charge is -2.29. The van der Waals surface area contributed by atoms with E-state index in [1.165, 1.54) is 24.3 Å². The van der Waals surface area contributed by atoms with E-state index in [4.69, 9.17) is 17.3 Å². The van der Waals surface area contributed by atoms with Gasteiger partial charge in [-0.1, -0.05) is 66.2 Å². The third kappa shape index (κ3) is 5.75. The molecule has 0 saturated carbocycles. The third-order valence-corrected chi connectivity index (χ3v) is 7.03. The Kier molecular flexibility index (Phi) is 7.69. The Morgan fingerprint density at radius 1 is 0.875 bits per heavy atom. The first kappa shape index (κ1) is 23.9. The highest BCUT2D eigenvalue weighted by atomic mass is 35.5. The molecule has 1 amide bonds. The van der Waals surface area contributed by atoms with Crippen LogP contribution in [-0.2, 0) is 27.9 Å². The minimum atomic E-state index is -4.07. The minimum Gasteiger partial charge on any atom is -0.368 e. The van der Waals surface area contributed by atoms with Crippen LogP contribution in [0.1, 0.15) is 22.7 Å². The van der Waals surface area contributed by atoms with Gasteiger partial charge < -0.3 is 10.6 Å². The molecule has 168 valence electrons. The number of halogens is 1. The van der Waals surface area contributed by atoms with Crippen LogP contribution in [0.2, 0.25) is 5.02 Å². The highest BCUT2D eigenvalue weighted by Crippen LogP contribution is 2.30. The fourth-order valence-corrected chi connectivity index (χ4v) is 5.16. The van der Waals surface area contributed by atoms with Gasteiger partial charge in [0, 0.05) is 18.1 Å². The summed E-state index contributed by atoms with van der Waals surface area (Å²) in [5.41, 5.74) is 8.07. The fraction of sp³-hybridized carbons (Fsp3) is 0.208. The van der Waals surface area contributed by atoms with Gasteiger partial charge in [-0.3, -0.25) is 4.79 Å². The maximum absolute atomic E-state index is 13.6. The summed E-state index contributed by atoms with van der Waals surface area (Å²) in [5, 5.41) is 0.418. The largest absolute Gasteiger partial charge is 0.368 e. The van der Waals surface area contributed by atoms with Crippen molar-refractivity contribution in [2.24, 2.45) is 5.73 Å². The smallest absolute Gasteiger partial charge is 0.244 e. The molecule has 0 spiro atoms. The summed E-state index contributed by atoms with van der Waals surface area (Å²) in [4.78, 5) is 14.6. The Morgan fingerprint density at radius 3 is 1.91 bits per heavy atom. The number of rotatable bonds is 9. The lowest BCUT2D eigenvalue weighted by atomic mass is 10.1. The van der Waals surface area contributed by atoms with Crippen molar-refractivity contribution < 1.29 is 13.2 Å². The van der Waals surface area contributed by atoms with Crippen molar-refractivity contribution in [3.63, 3.8) is 0 Å². The van der Waals surface area contributed by atoms with Crippen molar-refractivity contribution in [2.45, 2.75) is 24.0 Å². The van der Waals surface area contributed by atoms with Crippen LogP contribution in [-0.4, -0.2) is 37.6 Å². The second kappa shape index (κ2) is 10.3. The highest BCUT2D eigenvalue weighted by molar-refractivity contribution is 7.89. The van der Waals surface area contributed by atoms with Gasteiger partial charge in [0.05, 0.1) is 4.90 Å². The first-order chi connectivity index (χ1) is 15.2. The van der Waals surface area contributed by atoms with Gasteiger partial charge in [0.15, 0.2) is 0 Å². The zero-order chi connectivity index (χ0) is 23.3. The number of carbonyl (C=O) groups excluding carboxylic acids is 1. The highest BCUT2D eigenvalue weighted by Gasteiger charge is 2.36. The Bertz CT molecular complexity index is 1150. The van der Waals surface area contributed by atoms with E-state index in [0.717, 1.165) is 22.0 Å². The molecule has 2 N–H and O–H groups in total. The second-order valence-corrected chi connectivity index (χ2v) is 10.1. The number of sulfonamides is 1. The Balaban J connectivity index is 2.06. The number of nitrogens with zero attached hydrogens (tertiary/aromatic N) is 2. The summed E-state index contributed by atoms with van der Waals surface area (Å²) in [6.45, 7) is 0.747. The number of benzene rings is 3. The maximum atomic E-state index is 13.6. The summed E-state index contributed by atoms with van der Waals surface area (Å²) in [6.07, 6.45) is 0. The molecule has 1 atom stereocenters. The Labute approximate surface area is 194 Å². The van der Waals surface area contributed by atoms with Gasteiger partial charge in [-0.05, 0) is 55.1 Å². The van der Waals surface area contributed by atoms with E-state index < -0.39 is 22.0 Å². The molecule has 0 heterocycles. The number of amides is 1. The molecule has 6 nitrogen and oxygen atoms in total. The number of nitrogens with two attached hydrogens (primary N) is 1. The first-order valence-corrected chi connectivity index (χ1v) is 11.8. The molecule has 3 aromatic rings. The third-order valence-electron chi connectivity index (χ3n) is 4.95. The van der Waals surface area contributed by atoms with Crippen molar-refractivity contribution >= 4 is 27.5 Å². The molecule has 0 radical (unpaired) electrons. The molecule has 0 aromatic heterocycles. The molecule has 0 aliphatic rings. The number of hydrogen-bond donors (Lipinski definition) is 1. The molecule has 3 rings (SSSR count). The van der Waals surface area contributed by atoms with Gasteiger partial charge in [0.1, 0.15) is 6.04 Å². The molecule has 0 aliphatic carbocycles. The van der Waals surface area contributed by atoms with Crippen molar-refractivity contribution in [1.82, 2.24) is 9.21 Å². The van der Waals surface area contributed by atoms with Gasteiger partial charge in [0.25, 0.3) is 0 Å². The van der Waals surface area contributed by atoms with E-state index in [0.29, 0.717) is 10.6 Å². The minimum absolute atomic E-state index is 0.0181. The van der Waals surface area contributed by atoms with Crippen molar-refractivity contribution in [3.8, 4) is 0 Å². The molecule has 3 aromatic carbocycles. The molecule has 1 unspecified atom stereocenters. The fourth-order valence-electron chi connectivity index (χ4n) is 3.46. The van der Waals surface area contributed by atoms with Crippen LogP contribution in [0, 0.1) is 0 Å². The molecule has 0 saturated heterocycles. The second-order valence-electron chi connectivity index (χ2n) is 7.77. The molecular formula is C24H26ClN3O3S. The van der Waals surface area contributed by atoms with Crippen LogP contribution in [0.3, 0.4) is 0 Å². The molecular weight excluding hydrogens is 446 g/mol. The average molecular weight is 472 g/mol. The van der Waals surface area contributed by atoms with Crippen LogP contribution in [0.15, 0.2) is 83.8 Å². The number of carbonyl (C=O) groups is 1. The molecule has 8 heteroatoms. The predicted octanol–water partition coefficient (Wildman–Crippen LogP) is 3.82. The molecule has 0 aliphatic heterocycles. The van der Waals surface area contributed by atoms with Crippen molar-refractivity contribution in [2.75, 3.05) is 14.1 Å².